The SMILES string of the molecule is C=C/C(=C\C=C(/C)F)B(O)O. The average molecular weight is 156 g/mol. The van der Waals surface area contributed by atoms with Crippen LogP contribution >= 0.6 is 0 Å². The van der Waals surface area contributed by atoms with E-state index >= 15 is 0 Å². The van der Waals surface area contributed by atoms with E-state index in [0.717, 1.165) is 6.08 Å². The van der Waals surface area contributed by atoms with Gasteiger partial charge in [0.2, 0.25) is 0 Å². The molecule has 0 rings (SSSR count). The van der Waals surface area contributed by atoms with Gasteiger partial charge in [0.1, 0.15) is 0 Å². The van der Waals surface area contributed by atoms with Crippen molar-refractivity contribution < 1.29 is 14.4 Å². The molecule has 0 heterocycles. The second-order valence-corrected chi connectivity index (χ2v) is 2.00. The second kappa shape index (κ2) is 4.88. The molecule has 11 heavy (non-hydrogen) atoms. The first kappa shape index (κ1) is 10.1. The summed E-state index contributed by atoms with van der Waals surface area (Å²) in [5.41, 5.74) is 0.169. The molecule has 0 bridgehead atoms. The smallest absolute Gasteiger partial charge is 0.423 e. The van der Waals surface area contributed by atoms with Crippen LogP contribution in [0.25, 0.3) is 0 Å². The third-order valence-corrected chi connectivity index (χ3v) is 1.04. The summed E-state index contributed by atoms with van der Waals surface area (Å²) >= 11 is 0. The van der Waals surface area contributed by atoms with Gasteiger partial charge in [0, 0.05) is 0 Å². The van der Waals surface area contributed by atoms with Gasteiger partial charge in [-0.15, -0.1) is 0 Å². The molecule has 0 aliphatic heterocycles. The molecule has 0 atom stereocenters. The summed E-state index contributed by atoms with van der Waals surface area (Å²) in [6, 6.07) is 0. The van der Waals surface area contributed by atoms with Crippen molar-refractivity contribution in [3.05, 3.63) is 36.1 Å². The van der Waals surface area contributed by atoms with Crippen molar-refractivity contribution in [2.24, 2.45) is 0 Å². The molecule has 0 saturated carbocycles. The Balaban J connectivity index is 4.36. The maximum absolute atomic E-state index is 12.1. The Hall–Kier alpha value is -0.865. The second-order valence-electron chi connectivity index (χ2n) is 2.00. The van der Waals surface area contributed by atoms with Gasteiger partial charge in [0.15, 0.2) is 0 Å². The Labute approximate surface area is 65.5 Å². The predicted octanol–water partition coefficient (Wildman–Crippen LogP) is 0.984. The summed E-state index contributed by atoms with van der Waals surface area (Å²) in [6.45, 7) is 4.59. The van der Waals surface area contributed by atoms with Crippen LogP contribution in [0.3, 0.4) is 0 Å². The number of rotatable bonds is 3. The number of hydrogen-bond acceptors (Lipinski definition) is 2. The molecule has 60 valence electrons. The molecule has 0 aromatic heterocycles. The maximum Gasteiger partial charge on any atom is 0.488 e. The van der Waals surface area contributed by atoms with Crippen LogP contribution in [0, 0.1) is 0 Å². The molecule has 0 aromatic carbocycles. The molecule has 0 aromatic rings. The summed E-state index contributed by atoms with van der Waals surface area (Å²) in [5.74, 6) is -0.398. The Morgan fingerprint density at radius 3 is 2.27 bits per heavy atom. The van der Waals surface area contributed by atoms with Crippen molar-refractivity contribution in [2.45, 2.75) is 6.92 Å². The number of hydrogen-bond donors (Lipinski definition) is 2. The number of allylic oxidation sites excluding steroid dienone is 5. The molecule has 0 spiro atoms. The Bertz CT molecular complexity index is 193. The first-order valence-electron chi connectivity index (χ1n) is 3.10. The van der Waals surface area contributed by atoms with E-state index in [-0.39, 0.29) is 5.47 Å². The minimum Gasteiger partial charge on any atom is -0.423 e. The zero-order valence-electron chi connectivity index (χ0n) is 6.29. The third kappa shape index (κ3) is 4.53. The van der Waals surface area contributed by atoms with Crippen molar-refractivity contribution in [2.75, 3.05) is 0 Å². The Morgan fingerprint density at radius 2 is 2.00 bits per heavy atom. The molecule has 0 saturated heterocycles. The summed E-state index contributed by atoms with van der Waals surface area (Å²) in [5, 5.41) is 17.2. The fraction of sp³-hybridized carbons (Fsp3) is 0.143. The zero-order chi connectivity index (χ0) is 8.85. The van der Waals surface area contributed by atoms with Gasteiger partial charge in [-0.25, -0.2) is 4.39 Å². The number of halogens is 1. The van der Waals surface area contributed by atoms with Gasteiger partial charge in [0.05, 0.1) is 5.83 Å². The van der Waals surface area contributed by atoms with Crippen molar-refractivity contribution in [3.8, 4) is 0 Å². The van der Waals surface area contributed by atoms with Gasteiger partial charge in [-0.2, -0.15) is 0 Å². The molecule has 0 unspecified atom stereocenters. The minimum absolute atomic E-state index is 0.169. The van der Waals surface area contributed by atoms with Gasteiger partial charge >= 0.3 is 7.12 Å². The monoisotopic (exact) mass is 156 g/mol. The van der Waals surface area contributed by atoms with Crippen LogP contribution in [0.1, 0.15) is 6.92 Å². The quantitative estimate of drug-likeness (QED) is 0.472. The lowest BCUT2D eigenvalue weighted by Crippen LogP contribution is -2.13. The topological polar surface area (TPSA) is 40.5 Å². The van der Waals surface area contributed by atoms with Crippen LogP contribution in [0.4, 0.5) is 4.39 Å². The standard InChI is InChI=1S/C7H10BFO2/c1-3-7(8(10)11)5-4-6(2)9/h3-5,10-11H,1H2,2H3/b6-4+,7-5+. The normalized spacial score (nSPS) is 13.1. The van der Waals surface area contributed by atoms with Crippen molar-refractivity contribution in [1.29, 1.82) is 0 Å². The van der Waals surface area contributed by atoms with Crippen molar-refractivity contribution >= 4 is 7.12 Å². The minimum atomic E-state index is -1.59. The highest BCUT2D eigenvalue weighted by atomic mass is 19.1. The molecule has 0 aliphatic carbocycles. The van der Waals surface area contributed by atoms with Crippen molar-refractivity contribution in [3.63, 3.8) is 0 Å². The molecule has 2 nitrogen and oxygen atoms in total. The fourth-order valence-corrected chi connectivity index (χ4v) is 0.471. The van der Waals surface area contributed by atoms with E-state index in [2.05, 4.69) is 6.58 Å². The molecular formula is C7H10BFO2. The lowest BCUT2D eigenvalue weighted by atomic mass is 9.79. The highest BCUT2D eigenvalue weighted by molar-refractivity contribution is 6.51. The third-order valence-electron chi connectivity index (χ3n) is 1.04. The molecule has 2 N–H and O–H groups in total. The van der Waals surface area contributed by atoms with Crippen LogP contribution in [-0.2, 0) is 0 Å². The predicted molar refractivity (Wildman–Crippen MR) is 43.3 cm³/mol. The first-order valence-corrected chi connectivity index (χ1v) is 3.10. The van der Waals surface area contributed by atoms with Gasteiger partial charge in [-0.1, -0.05) is 18.7 Å². The van der Waals surface area contributed by atoms with E-state index in [4.69, 9.17) is 10.0 Å². The molecule has 0 radical (unpaired) electrons. The average Bonchev–Trinajstić information content (AvgIpc) is 1.87. The van der Waals surface area contributed by atoms with Gasteiger partial charge in [-0.3, -0.25) is 0 Å². The lowest BCUT2D eigenvalue weighted by Gasteiger charge is -1.95. The Morgan fingerprint density at radius 1 is 1.45 bits per heavy atom. The van der Waals surface area contributed by atoms with Gasteiger partial charge in [0.25, 0.3) is 0 Å². The molecule has 0 aliphatic rings. The molecule has 0 fully saturated rings. The maximum atomic E-state index is 12.1. The lowest BCUT2D eigenvalue weighted by molar-refractivity contribution is 0.420. The zero-order valence-corrected chi connectivity index (χ0v) is 6.29. The van der Waals surface area contributed by atoms with Crippen LogP contribution in [0.15, 0.2) is 36.1 Å². The van der Waals surface area contributed by atoms with E-state index in [9.17, 15) is 4.39 Å². The van der Waals surface area contributed by atoms with Crippen LogP contribution in [0.5, 0.6) is 0 Å². The van der Waals surface area contributed by atoms with E-state index in [1.165, 1.54) is 19.1 Å². The van der Waals surface area contributed by atoms with E-state index in [0.29, 0.717) is 0 Å². The highest BCUT2D eigenvalue weighted by Gasteiger charge is 2.09. The van der Waals surface area contributed by atoms with E-state index in [1.807, 2.05) is 0 Å². The molecule has 0 amide bonds. The fourth-order valence-electron chi connectivity index (χ4n) is 0.471. The summed E-state index contributed by atoms with van der Waals surface area (Å²) in [6.07, 6.45) is 3.65. The van der Waals surface area contributed by atoms with Gasteiger partial charge in [-0.05, 0) is 18.5 Å². The first-order chi connectivity index (χ1) is 5.07. The van der Waals surface area contributed by atoms with E-state index in [1.54, 1.807) is 0 Å². The highest BCUT2D eigenvalue weighted by Crippen LogP contribution is 2.00. The van der Waals surface area contributed by atoms with Crippen molar-refractivity contribution in [1.82, 2.24) is 0 Å². The van der Waals surface area contributed by atoms with Crippen LogP contribution in [-0.4, -0.2) is 17.2 Å². The molecule has 4 heteroatoms. The molecular weight excluding hydrogens is 146 g/mol. The van der Waals surface area contributed by atoms with Gasteiger partial charge < -0.3 is 10.0 Å². The largest absolute Gasteiger partial charge is 0.488 e. The van der Waals surface area contributed by atoms with Crippen LogP contribution < -0.4 is 0 Å². The van der Waals surface area contributed by atoms with Crippen LogP contribution in [0.2, 0.25) is 0 Å². The van der Waals surface area contributed by atoms with E-state index < -0.39 is 12.9 Å². The summed E-state index contributed by atoms with van der Waals surface area (Å²) < 4.78 is 12.1. The Kier molecular flexibility index (Phi) is 4.49. The summed E-state index contributed by atoms with van der Waals surface area (Å²) in [7, 11) is -1.59. The summed E-state index contributed by atoms with van der Waals surface area (Å²) in [4.78, 5) is 0.